The Kier molecular flexibility index (Phi) is 6.08. The molecule has 0 bridgehead atoms. The number of carbonyl (C=O) groups excluding carboxylic acids is 2. The van der Waals surface area contributed by atoms with Gasteiger partial charge in [-0.3, -0.25) is 14.5 Å². The van der Waals surface area contributed by atoms with Gasteiger partial charge in [-0.05, 0) is 31.7 Å². The number of benzene rings is 1. The van der Waals surface area contributed by atoms with Crippen molar-refractivity contribution in [1.82, 2.24) is 25.0 Å². The maximum Gasteiger partial charge on any atom is 0.260 e. The number of hydrogen-bond donors (Lipinski definition) is 2. The van der Waals surface area contributed by atoms with Crippen LogP contribution in [0.15, 0.2) is 30.9 Å². The van der Waals surface area contributed by atoms with Crippen LogP contribution in [-0.4, -0.2) is 101 Å². The van der Waals surface area contributed by atoms with E-state index in [-0.39, 0.29) is 63.2 Å². The molecule has 200 valence electrons. The van der Waals surface area contributed by atoms with E-state index in [1.165, 1.54) is 24.3 Å². The van der Waals surface area contributed by atoms with Crippen LogP contribution < -0.4 is 10.1 Å². The molecule has 4 aliphatic rings. The molecule has 1 aliphatic carbocycles. The van der Waals surface area contributed by atoms with Crippen molar-refractivity contribution in [2.45, 2.75) is 23.9 Å². The summed E-state index contributed by atoms with van der Waals surface area (Å²) in [5.74, 6) is -1.43. The maximum absolute atomic E-state index is 15.0. The first-order chi connectivity index (χ1) is 18.3. The molecule has 6 rings (SSSR count). The van der Waals surface area contributed by atoms with Crippen molar-refractivity contribution < 1.29 is 23.8 Å². The van der Waals surface area contributed by atoms with Gasteiger partial charge in [-0.15, -0.1) is 0 Å². The number of rotatable bonds is 3. The van der Waals surface area contributed by atoms with E-state index in [1.54, 1.807) is 9.80 Å². The molecule has 3 atom stereocenters. The molecule has 1 aromatic carbocycles. The molecule has 1 aromatic heterocycles. The third-order valence-corrected chi connectivity index (χ3v) is 8.76. The van der Waals surface area contributed by atoms with E-state index in [0.29, 0.717) is 25.3 Å². The van der Waals surface area contributed by atoms with Crippen LogP contribution in [0.2, 0.25) is 5.02 Å². The fourth-order valence-corrected chi connectivity index (χ4v) is 6.44. The van der Waals surface area contributed by atoms with Crippen LogP contribution in [0.5, 0.6) is 11.5 Å². The summed E-state index contributed by atoms with van der Waals surface area (Å²) in [7, 11) is 2.06. The van der Waals surface area contributed by atoms with Gasteiger partial charge in [-0.1, -0.05) is 24.2 Å². The third kappa shape index (κ3) is 3.77. The number of nitrogens with one attached hydrogen (secondary N) is 1. The number of ether oxygens (including phenoxy) is 1. The largest absolute Gasteiger partial charge is 0.507 e. The Morgan fingerprint density at radius 3 is 2.89 bits per heavy atom. The van der Waals surface area contributed by atoms with Crippen LogP contribution in [0.1, 0.15) is 28.4 Å². The van der Waals surface area contributed by atoms with Gasteiger partial charge in [0.2, 0.25) is 5.91 Å². The molecule has 4 heterocycles. The van der Waals surface area contributed by atoms with E-state index in [4.69, 9.17) is 21.3 Å². The lowest BCUT2D eigenvalue weighted by atomic mass is 9.99. The van der Waals surface area contributed by atoms with Gasteiger partial charge in [-0.25, -0.2) is 9.37 Å². The Labute approximate surface area is 224 Å². The summed E-state index contributed by atoms with van der Waals surface area (Å²) in [4.78, 5) is 36.9. The minimum absolute atomic E-state index is 0.0267. The molecule has 2 N–H and O–H groups in total. The van der Waals surface area contributed by atoms with Crippen LogP contribution in [0, 0.1) is 5.82 Å². The Morgan fingerprint density at radius 2 is 2.16 bits per heavy atom. The van der Waals surface area contributed by atoms with E-state index >= 15 is 4.39 Å². The van der Waals surface area contributed by atoms with Crippen molar-refractivity contribution in [3.8, 4) is 22.8 Å². The predicted octanol–water partition coefficient (Wildman–Crippen LogP) is 2.24. The second-order valence-corrected chi connectivity index (χ2v) is 10.8. The molecule has 9 nitrogen and oxygen atoms in total. The molecule has 3 fully saturated rings. The second-order valence-electron chi connectivity index (χ2n) is 10.4. The number of phenols is 1. The number of hydrogen-bond acceptors (Lipinski definition) is 7. The van der Waals surface area contributed by atoms with Gasteiger partial charge >= 0.3 is 0 Å². The van der Waals surface area contributed by atoms with Crippen LogP contribution in [0.4, 0.5) is 4.39 Å². The van der Waals surface area contributed by atoms with E-state index in [1.807, 2.05) is 0 Å². The van der Waals surface area contributed by atoms with Gasteiger partial charge in [-0.2, -0.15) is 0 Å². The summed E-state index contributed by atoms with van der Waals surface area (Å²) in [6.07, 6.45) is 2.02. The van der Waals surface area contributed by atoms with Crippen molar-refractivity contribution in [2.75, 3.05) is 52.9 Å². The summed E-state index contributed by atoms with van der Waals surface area (Å²) in [6, 6.07) is 3.61. The average Bonchev–Trinajstić information content (AvgIpc) is 3.65. The lowest BCUT2D eigenvalue weighted by Crippen LogP contribution is -2.57. The SMILES string of the molecule is C=CC(=O)N1CCN2C(=O)c3c(C4CC45CNCCN5C)nc(-c4c(O)cccc4F)c(Cl)c3OC[C@H]2C1. The molecule has 11 heteroatoms. The number of amides is 2. The Bertz CT molecular complexity index is 1330. The van der Waals surface area contributed by atoms with Crippen molar-refractivity contribution in [3.63, 3.8) is 0 Å². The highest BCUT2D eigenvalue weighted by molar-refractivity contribution is 6.35. The molecule has 0 radical (unpaired) electrons. The minimum atomic E-state index is -0.678. The maximum atomic E-state index is 15.0. The minimum Gasteiger partial charge on any atom is -0.507 e. The van der Waals surface area contributed by atoms with Gasteiger partial charge in [0.15, 0.2) is 5.75 Å². The van der Waals surface area contributed by atoms with Gasteiger partial charge in [0.05, 0.1) is 23.0 Å². The van der Waals surface area contributed by atoms with Crippen molar-refractivity contribution in [1.29, 1.82) is 0 Å². The van der Waals surface area contributed by atoms with Crippen LogP contribution in [-0.2, 0) is 4.79 Å². The number of pyridine rings is 1. The molecule has 1 saturated carbocycles. The normalized spacial score (nSPS) is 26.9. The monoisotopic (exact) mass is 541 g/mol. The third-order valence-electron chi connectivity index (χ3n) is 8.41. The lowest BCUT2D eigenvalue weighted by Gasteiger charge is -2.39. The first-order valence-electron chi connectivity index (χ1n) is 12.7. The Morgan fingerprint density at radius 1 is 1.34 bits per heavy atom. The topological polar surface area (TPSA) is 98.2 Å². The Hall–Kier alpha value is -3.21. The number of fused-ring (bicyclic) bond motifs is 2. The molecular formula is C27H29ClFN5O4. The zero-order valence-electron chi connectivity index (χ0n) is 21.0. The van der Waals surface area contributed by atoms with Crippen molar-refractivity contribution in [2.24, 2.45) is 0 Å². The highest BCUT2D eigenvalue weighted by Crippen LogP contribution is 2.58. The van der Waals surface area contributed by atoms with Crippen LogP contribution in [0.3, 0.4) is 0 Å². The molecular weight excluding hydrogens is 513 g/mol. The lowest BCUT2D eigenvalue weighted by molar-refractivity contribution is -0.128. The van der Waals surface area contributed by atoms with Crippen molar-refractivity contribution in [3.05, 3.63) is 53.0 Å². The predicted molar refractivity (Wildman–Crippen MR) is 139 cm³/mol. The van der Waals surface area contributed by atoms with Gasteiger partial charge < -0.3 is 25.0 Å². The number of aromatic hydroxyl groups is 1. The molecule has 1 spiro atoms. The first-order valence-corrected chi connectivity index (χ1v) is 13.1. The number of likely N-dealkylation sites (N-methyl/N-ethyl adjacent to an activating group) is 1. The quantitative estimate of drug-likeness (QED) is 0.575. The van der Waals surface area contributed by atoms with Gasteiger partial charge in [0.1, 0.15) is 28.8 Å². The molecule has 2 saturated heterocycles. The van der Waals surface area contributed by atoms with Gasteiger partial charge in [0, 0.05) is 50.7 Å². The van der Waals surface area contributed by atoms with E-state index < -0.39 is 11.9 Å². The molecule has 2 aromatic rings. The van der Waals surface area contributed by atoms with E-state index in [0.717, 1.165) is 26.1 Å². The number of carbonyl (C=O) groups is 2. The zero-order chi connectivity index (χ0) is 26.8. The number of phenolic OH excluding ortho intramolecular Hbond substituents is 1. The summed E-state index contributed by atoms with van der Waals surface area (Å²) < 4.78 is 21.2. The Balaban J connectivity index is 1.50. The zero-order valence-corrected chi connectivity index (χ0v) is 21.8. The number of nitrogens with zero attached hydrogens (tertiary/aromatic N) is 4. The van der Waals surface area contributed by atoms with Crippen molar-refractivity contribution >= 4 is 23.4 Å². The highest BCUT2D eigenvalue weighted by Gasteiger charge is 2.60. The molecule has 38 heavy (non-hydrogen) atoms. The van der Waals surface area contributed by atoms with E-state index in [9.17, 15) is 14.7 Å². The summed E-state index contributed by atoms with van der Waals surface area (Å²) in [5, 5.41) is 14.0. The second kappa shape index (κ2) is 9.21. The average molecular weight is 542 g/mol. The molecule has 3 aliphatic heterocycles. The fraction of sp³-hybridized carbons (Fsp3) is 0.444. The number of piperazine rings is 2. The first kappa shape index (κ1) is 25.1. The van der Waals surface area contributed by atoms with Gasteiger partial charge in [0.25, 0.3) is 5.91 Å². The summed E-state index contributed by atoms with van der Waals surface area (Å²) in [6.45, 7) is 7.11. The molecule has 2 unspecified atom stereocenters. The summed E-state index contributed by atoms with van der Waals surface area (Å²) >= 11 is 6.81. The van der Waals surface area contributed by atoms with Crippen LogP contribution >= 0.6 is 11.6 Å². The molecule has 2 amide bonds. The number of halogens is 2. The standard InChI is InChI=1S/C27H29ClFN5O4/c1-3-19(36)33-9-10-34-15(12-33)13-38-25-21(26(34)37)23(16-11-27(16)14-30-7-8-32(27)2)31-24(22(25)28)20-17(29)5-4-6-18(20)35/h3-6,15-16,30,35H,1,7-14H2,2H3/t15-,16?,27?/m1/s1. The number of aromatic nitrogens is 1. The van der Waals surface area contributed by atoms with Crippen LogP contribution in [0.25, 0.3) is 11.3 Å². The summed E-state index contributed by atoms with van der Waals surface area (Å²) in [5.41, 5.74) is 0.449. The van der Waals surface area contributed by atoms with E-state index in [2.05, 4.69) is 23.8 Å². The smallest absolute Gasteiger partial charge is 0.260 e. The fourth-order valence-electron chi connectivity index (χ4n) is 6.16. The highest BCUT2D eigenvalue weighted by atomic mass is 35.5.